The Bertz CT molecular complexity index is 570. The second-order valence-electron chi connectivity index (χ2n) is 3.77. The van der Waals surface area contributed by atoms with Crippen LogP contribution < -0.4 is 11.1 Å². The van der Waals surface area contributed by atoms with Crippen LogP contribution in [0.3, 0.4) is 0 Å². The summed E-state index contributed by atoms with van der Waals surface area (Å²) in [5, 5.41) is 2.90. The molecular weight excluding hydrogens is 262 g/mol. The Labute approximate surface area is 115 Å². The molecule has 9 nitrogen and oxygen atoms in total. The highest BCUT2D eigenvalue weighted by Gasteiger charge is 2.07. The summed E-state index contributed by atoms with van der Waals surface area (Å²) in [6.45, 7) is 2.48. The highest BCUT2D eigenvalue weighted by Crippen LogP contribution is 2.06. The number of nitrogens with zero attached hydrogens (tertiary/aromatic N) is 5. The Kier molecular flexibility index (Phi) is 4.43. The second-order valence-corrected chi connectivity index (χ2v) is 3.77. The number of esters is 1. The molecule has 0 bridgehead atoms. The SMILES string of the molecule is CCOC(=O)CCNc1nc(N)nc(-n2ccnc2)n1. The van der Waals surface area contributed by atoms with Gasteiger partial charge in [0.05, 0.1) is 13.0 Å². The number of hydrogen-bond acceptors (Lipinski definition) is 8. The van der Waals surface area contributed by atoms with E-state index in [2.05, 4.69) is 25.3 Å². The first-order valence-electron chi connectivity index (χ1n) is 6.08. The molecule has 0 saturated heterocycles. The highest BCUT2D eigenvalue weighted by atomic mass is 16.5. The number of rotatable bonds is 6. The zero-order chi connectivity index (χ0) is 14.4. The first-order chi connectivity index (χ1) is 9.69. The van der Waals surface area contributed by atoms with Crippen LogP contribution in [0.2, 0.25) is 0 Å². The summed E-state index contributed by atoms with van der Waals surface area (Å²) in [5.41, 5.74) is 5.62. The number of nitrogens with two attached hydrogens (primary N) is 1. The quantitative estimate of drug-likeness (QED) is 0.708. The standard InChI is InChI=1S/C11H15N7O2/c1-2-20-8(19)3-4-14-10-15-9(12)16-11(17-10)18-6-5-13-7-18/h5-7H,2-4H2,1H3,(H3,12,14,15,16,17). The van der Waals surface area contributed by atoms with Crippen LogP contribution in [0.4, 0.5) is 11.9 Å². The van der Waals surface area contributed by atoms with E-state index < -0.39 is 0 Å². The van der Waals surface area contributed by atoms with E-state index in [0.29, 0.717) is 25.0 Å². The van der Waals surface area contributed by atoms with E-state index in [-0.39, 0.29) is 18.3 Å². The fourth-order valence-electron chi connectivity index (χ4n) is 1.46. The first kappa shape index (κ1) is 13.7. The van der Waals surface area contributed by atoms with Crippen molar-refractivity contribution in [3.63, 3.8) is 0 Å². The van der Waals surface area contributed by atoms with Gasteiger partial charge in [0.2, 0.25) is 17.8 Å². The van der Waals surface area contributed by atoms with E-state index in [1.807, 2.05) is 0 Å². The number of aromatic nitrogens is 5. The molecular formula is C11H15N7O2. The smallest absolute Gasteiger partial charge is 0.307 e. The second kappa shape index (κ2) is 6.45. The van der Waals surface area contributed by atoms with Gasteiger partial charge in [0.25, 0.3) is 0 Å². The minimum absolute atomic E-state index is 0.0855. The maximum Gasteiger partial charge on any atom is 0.307 e. The number of nitrogens with one attached hydrogen (secondary N) is 1. The van der Waals surface area contributed by atoms with Gasteiger partial charge in [-0.3, -0.25) is 9.36 Å². The Hall–Kier alpha value is -2.71. The molecule has 9 heteroatoms. The summed E-state index contributed by atoms with van der Waals surface area (Å²) in [6.07, 6.45) is 5.07. The summed E-state index contributed by atoms with van der Waals surface area (Å²) in [4.78, 5) is 27.2. The minimum Gasteiger partial charge on any atom is -0.466 e. The third kappa shape index (κ3) is 3.64. The van der Waals surface area contributed by atoms with E-state index >= 15 is 0 Å². The fraction of sp³-hybridized carbons (Fsp3) is 0.364. The summed E-state index contributed by atoms with van der Waals surface area (Å²) in [5.74, 6) is 0.457. The number of nitrogen functional groups attached to an aromatic ring is 1. The maximum absolute atomic E-state index is 11.2. The van der Waals surface area contributed by atoms with Gasteiger partial charge in [-0.15, -0.1) is 0 Å². The largest absolute Gasteiger partial charge is 0.466 e. The third-order valence-corrected chi connectivity index (χ3v) is 2.29. The van der Waals surface area contributed by atoms with Crippen molar-refractivity contribution in [3.05, 3.63) is 18.7 Å². The summed E-state index contributed by atoms with van der Waals surface area (Å²) >= 11 is 0. The summed E-state index contributed by atoms with van der Waals surface area (Å²) in [6, 6.07) is 0. The summed E-state index contributed by atoms with van der Waals surface area (Å²) in [7, 11) is 0. The average molecular weight is 277 g/mol. The lowest BCUT2D eigenvalue weighted by Crippen LogP contribution is -2.15. The lowest BCUT2D eigenvalue weighted by Gasteiger charge is -2.07. The molecule has 20 heavy (non-hydrogen) atoms. The zero-order valence-corrected chi connectivity index (χ0v) is 11.0. The molecule has 0 aromatic carbocycles. The van der Waals surface area contributed by atoms with Gasteiger partial charge in [-0.1, -0.05) is 0 Å². The van der Waals surface area contributed by atoms with E-state index in [1.165, 1.54) is 0 Å². The van der Waals surface area contributed by atoms with E-state index in [4.69, 9.17) is 10.5 Å². The molecule has 2 heterocycles. The molecule has 2 rings (SSSR count). The van der Waals surface area contributed by atoms with Crippen LogP contribution in [0.1, 0.15) is 13.3 Å². The van der Waals surface area contributed by atoms with Crippen molar-refractivity contribution in [1.29, 1.82) is 0 Å². The number of anilines is 2. The van der Waals surface area contributed by atoms with Crippen LogP contribution >= 0.6 is 0 Å². The van der Waals surface area contributed by atoms with Crippen molar-refractivity contribution in [1.82, 2.24) is 24.5 Å². The number of ether oxygens (including phenoxy) is 1. The minimum atomic E-state index is -0.281. The molecule has 106 valence electrons. The normalized spacial score (nSPS) is 10.2. The van der Waals surface area contributed by atoms with Gasteiger partial charge in [-0.05, 0) is 6.92 Å². The molecule has 2 aromatic rings. The molecule has 2 aromatic heterocycles. The molecule has 3 N–H and O–H groups in total. The van der Waals surface area contributed by atoms with Crippen LogP contribution in [0, 0.1) is 0 Å². The zero-order valence-electron chi connectivity index (χ0n) is 11.0. The molecule has 0 saturated carbocycles. The van der Waals surface area contributed by atoms with Crippen LogP contribution in [0.5, 0.6) is 0 Å². The molecule has 0 radical (unpaired) electrons. The van der Waals surface area contributed by atoms with Gasteiger partial charge < -0.3 is 15.8 Å². The van der Waals surface area contributed by atoms with Gasteiger partial charge in [0.15, 0.2) is 0 Å². The van der Waals surface area contributed by atoms with Crippen LogP contribution in [-0.2, 0) is 9.53 Å². The number of imidazole rings is 1. The van der Waals surface area contributed by atoms with Gasteiger partial charge in [-0.25, -0.2) is 4.98 Å². The van der Waals surface area contributed by atoms with Crippen molar-refractivity contribution in [2.45, 2.75) is 13.3 Å². The predicted octanol–water partition coefficient (Wildman–Crippen LogP) is 0.00460. The number of carbonyl (C=O) groups excluding carboxylic acids is 1. The molecule has 0 atom stereocenters. The highest BCUT2D eigenvalue weighted by molar-refractivity contribution is 5.69. The fourth-order valence-corrected chi connectivity index (χ4v) is 1.46. The molecule has 0 aliphatic rings. The Morgan fingerprint density at radius 3 is 3.00 bits per heavy atom. The Balaban J connectivity index is 2.00. The lowest BCUT2D eigenvalue weighted by molar-refractivity contribution is -0.142. The third-order valence-electron chi connectivity index (χ3n) is 2.29. The molecule has 0 unspecified atom stereocenters. The van der Waals surface area contributed by atoms with Crippen molar-refractivity contribution in [3.8, 4) is 5.95 Å². The van der Waals surface area contributed by atoms with Gasteiger partial charge in [0, 0.05) is 18.9 Å². The topological polar surface area (TPSA) is 121 Å². The average Bonchev–Trinajstić information content (AvgIpc) is 2.92. The van der Waals surface area contributed by atoms with Gasteiger partial charge in [0.1, 0.15) is 6.33 Å². The van der Waals surface area contributed by atoms with Crippen molar-refractivity contribution >= 4 is 17.9 Å². The lowest BCUT2D eigenvalue weighted by atomic mass is 10.4. The van der Waals surface area contributed by atoms with Gasteiger partial charge in [-0.2, -0.15) is 15.0 Å². The van der Waals surface area contributed by atoms with Crippen LogP contribution in [0.25, 0.3) is 5.95 Å². The van der Waals surface area contributed by atoms with Crippen molar-refractivity contribution < 1.29 is 9.53 Å². The van der Waals surface area contributed by atoms with Gasteiger partial charge >= 0.3 is 5.97 Å². The molecule has 0 aliphatic carbocycles. The van der Waals surface area contributed by atoms with Crippen molar-refractivity contribution in [2.75, 3.05) is 24.2 Å². The summed E-state index contributed by atoms with van der Waals surface area (Å²) < 4.78 is 6.42. The maximum atomic E-state index is 11.2. The number of carbonyl (C=O) groups is 1. The Morgan fingerprint density at radius 1 is 1.45 bits per heavy atom. The molecule has 0 amide bonds. The first-order valence-corrected chi connectivity index (χ1v) is 6.08. The monoisotopic (exact) mass is 277 g/mol. The van der Waals surface area contributed by atoms with E-state index in [1.54, 1.807) is 30.2 Å². The van der Waals surface area contributed by atoms with Crippen LogP contribution in [0.15, 0.2) is 18.7 Å². The van der Waals surface area contributed by atoms with E-state index in [0.717, 1.165) is 0 Å². The Morgan fingerprint density at radius 2 is 2.30 bits per heavy atom. The predicted molar refractivity (Wildman–Crippen MR) is 71.1 cm³/mol. The number of hydrogen-bond donors (Lipinski definition) is 2. The van der Waals surface area contributed by atoms with E-state index in [9.17, 15) is 4.79 Å². The van der Waals surface area contributed by atoms with Crippen LogP contribution in [-0.4, -0.2) is 43.6 Å². The van der Waals surface area contributed by atoms with Crippen molar-refractivity contribution in [2.24, 2.45) is 0 Å². The molecule has 0 fully saturated rings. The molecule has 0 aliphatic heterocycles. The molecule has 0 spiro atoms.